The average molecular weight is 561 g/mol. The second-order valence-corrected chi connectivity index (χ2v) is 11.5. The Morgan fingerprint density at radius 2 is 1.80 bits per heavy atom. The SMILES string of the molecule is CCCC1=C([C@H](O)CC/C(C)=C/c2cc(C)c(O)c(C)c2)[C@H](CO)[C@@H]2C(=O)N(c3cccc(B(O)O)c3)C(=O)[C@@H]2C1. The van der Waals surface area contributed by atoms with Gasteiger partial charge in [-0.25, -0.2) is 0 Å². The maximum Gasteiger partial charge on any atom is 0.488 e. The van der Waals surface area contributed by atoms with E-state index in [1.54, 1.807) is 12.1 Å². The molecule has 0 spiro atoms. The van der Waals surface area contributed by atoms with E-state index in [-0.39, 0.29) is 29.4 Å². The number of fused-ring (bicyclic) bond motifs is 1. The number of amides is 2. The summed E-state index contributed by atoms with van der Waals surface area (Å²) in [6.45, 7) is 7.35. The van der Waals surface area contributed by atoms with Gasteiger partial charge < -0.3 is 25.4 Å². The second kappa shape index (κ2) is 12.7. The zero-order valence-corrected chi connectivity index (χ0v) is 24.2. The highest BCUT2D eigenvalue weighted by Gasteiger charge is 2.55. The smallest absolute Gasteiger partial charge is 0.488 e. The third-order valence-corrected chi connectivity index (χ3v) is 8.46. The summed E-state index contributed by atoms with van der Waals surface area (Å²) in [7, 11) is -1.74. The normalized spacial score (nSPS) is 21.9. The Morgan fingerprint density at radius 1 is 1.12 bits per heavy atom. The Morgan fingerprint density at radius 3 is 2.41 bits per heavy atom. The maximum atomic E-state index is 13.7. The summed E-state index contributed by atoms with van der Waals surface area (Å²) in [6.07, 6.45) is 3.92. The number of phenolic OH excluding ortho intramolecular Hbond substituents is 1. The molecule has 0 aromatic heterocycles. The van der Waals surface area contributed by atoms with Crippen molar-refractivity contribution in [1.82, 2.24) is 0 Å². The van der Waals surface area contributed by atoms with Crippen LogP contribution in [-0.4, -0.2) is 57.0 Å². The van der Waals surface area contributed by atoms with Crippen molar-refractivity contribution in [1.29, 1.82) is 0 Å². The Bertz CT molecular complexity index is 1360. The molecular weight excluding hydrogens is 521 g/mol. The molecule has 41 heavy (non-hydrogen) atoms. The van der Waals surface area contributed by atoms with Gasteiger partial charge in [0.2, 0.25) is 11.8 Å². The zero-order valence-electron chi connectivity index (χ0n) is 24.2. The van der Waals surface area contributed by atoms with E-state index in [4.69, 9.17) is 0 Å². The third-order valence-electron chi connectivity index (χ3n) is 8.46. The predicted octanol–water partition coefficient (Wildman–Crippen LogP) is 3.15. The van der Waals surface area contributed by atoms with Crippen LogP contribution in [0.1, 0.15) is 62.6 Å². The van der Waals surface area contributed by atoms with E-state index in [9.17, 15) is 35.0 Å². The standard InChI is InChI=1S/C32H40BNO7/c1-5-7-22-15-25-29(32(39)34(31(25)38)24-9-6-8-23(16-24)33(40)41)26(17-35)28(22)27(36)11-10-18(2)12-21-13-19(3)30(37)20(4)14-21/h6,8-9,12-14,16,25-27,29,35-37,40-41H,5,7,10-11,15,17H2,1-4H3/b18-12+/t25-,26+,27-,29-/m1/s1. The molecule has 0 saturated carbocycles. The zero-order chi connectivity index (χ0) is 30.0. The lowest BCUT2D eigenvalue weighted by Crippen LogP contribution is -2.39. The van der Waals surface area contributed by atoms with Gasteiger partial charge in [-0.1, -0.05) is 42.7 Å². The first kappa shape index (κ1) is 30.7. The molecule has 0 bridgehead atoms. The van der Waals surface area contributed by atoms with Crippen molar-refractivity contribution < 1.29 is 35.0 Å². The predicted molar refractivity (Wildman–Crippen MR) is 159 cm³/mol. The number of hydrogen-bond acceptors (Lipinski definition) is 7. The fraction of sp³-hybridized carbons (Fsp3) is 0.438. The number of aliphatic hydroxyl groups is 2. The molecule has 1 heterocycles. The lowest BCUT2D eigenvalue weighted by molar-refractivity contribution is -0.123. The molecule has 5 N–H and O–H groups in total. The molecule has 1 aliphatic heterocycles. The maximum absolute atomic E-state index is 13.7. The number of rotatable bonds is 10. The Hall–Kier alpha value is -3.24. The highest BCUT2D eigenvalue weighted by Crippen LogP contribution is 2.48. The summed E-state index contributed by atoms with van der Waals surface area (Å²) in [5, 5.41) is 51.3. The Balaban J connectivity index is 1.59. The molecule has 2 aromatic rings. The molecule has 1 fully saturated rings. The van der Waals surface area contributed by atoms with E-state index in [2.05, 4.69) is 0 Å². The molecule has 2 amide bonds. The fourth-order valence-corrected chi connectivity index (χ4v) is 6.53. The number of phenols is 1. The average Bonchev–Trinajstić information content (AvgIpc) is 3.18. The summed E-state index contributed by atoms with van der Waals surface area (Å²) in [4.78, 5) is 28.4. The number of aliphatic hydroxyl groups excluding tert-OH is 2. The number of anilines is 1. The van der Waals surface area contributed by atoms with Crippen molar-refractivity contribution in [2.75, 3.05) is 11.5 Å². The number of aryl methyl sites for hydroxylation is 2. The van der Waals surface area contributed by atoms with Gasteiger partial charge in [-0.15, -0.1) is 0 Å². The molecule has 0 unspecified atom stereocenters. The molecule has 9 heteroatoms. The molecular formula is C32H40BNO7. The van der Waals surface area contributed by atoms with Crippen LogP contribution in [0.2, 0.25) is 0 Å². The van der Waals surface area contributed by atoms with Crippen LogP contribution in [0.3, 0.4) is 0 Å². The molecule has 1 aliphatic carbocycles. The third kappa shape index (κ3) is 6.18. The number of hydrogen-bond donors (Lipinski definition) is 5. The van der Waals surface area contributed by atoms with Gasteiger partial charge in [0.15, 0.2) is 0 Å². The number of carbonyl (C=O) groups excluding carboxylic acids is 2. The van der Waals surface area contributed by atoms with Gasteiger partial charge in [0.05, 0.1) is 30.2 Å². The van der Waals surface area contributed by atoms with Crippen molar-refractivity contribution in [3.63, 3.8) is 0 Å². The summed E-state index contributed by atoms with van der Waals surface area (Å²) in [5.41, 5.74) is 5.63. The van der Waals surface area contributed by atoms with Crippen LogP contribution in [0.25, 0.3) is 6.08 Å². The first-order valence-corrected chi connectivity index (χ1v) is 14.3. The van der Waals surface area contributed by atoms with Gasteiger partial charge in [-0.05, 0) is 98.4 Å². The van der Waals surface area contributed by atoms with Crippen LogP contribution in [0.15, 0.2) is 53.1 Å². The van der Waals surface area contributed by atoms with E-state index in [1.165, 1.54) is 12.1 Å². The van der Waals surface area contributed by atoms with Crippen LogP contribution in [0.4, 0.5) is 5.69 Å². The largest absolute Gasteiger partial charge is 0.507 e. The van der Waals surface area contributed by atoms with Crippen LogP contribution in [-0.2, 0) is 9.59 Å². The minimum atomic E-state index is -1.74. The number of imide groups is 1. The quantitative estimate of drug-likeness (QED) is 0.171. The summed E-state index contributed by atoms with van der Waals surface area (Å²) in [5.74, 6) is -2.68. The van der Waals surface area contributed by atoms with E-state index < -0.39 is 36.9 Å². The highest BCUT2D eigenvalue weighted by atomic mass is 16.4. The lowest BCUT2D eigenvalue weighted by Gasteiger charge is -2.36. The van der Waals surface area contributed by atoms with E-state index in [1.807, 2.05) is 45.9 Å². The minimum Gasteiger partial charge on any atom is -0.507 e. The molecule has 1 saturated heterocycles. The molecule has 4 rings (SSSR count). The number of aromatic hydroxyl groups is 1. The van der Waals surface area contributed by atoms with Crippen molar-refractivity contribution in [3.05, 3.63) is 69.8 Å². The molecule has 8 nitrogen and oxygen atoms in total. The summed E-state index contributed by atoms with van der Waals surface area (Å²) < 4.78 is 0. The van der Waals surface area contributed by atoms with Gasteiger partial charge in [-0.3, -0.25) is 14.5 Å². The van der Waals surface area contributed by atoms with Crippen molar-refractivity contribution in [2.45, 2.75) is 65.9 Å². The number of carbonyl (C=O) groups is 2. The molecule has 4 atom stereocenters. The second-order valence-electron chi connectivity index (χ2n) is 11.5. The van der Waals surface area contributed by atoms with Crippen molar-refractivity contribution in [2.24, 2.45) is 17.8 Å². The topological polar surface area (TPSA) is 139 Å². The summed E-state index contributed by atoms with van der Waals surface area (Å²) >= 11 is 0. The van der Waals surface area contributed by atoms with E-state index >= 15 is 0 Å². The van der Waals surface area contributed by atoms with Crippen molar-refractivity contribution >= 4 is 36.2 Å². The van der Waals surface area contributed by atoms with Gasteiger partial charge >= 0.3 is 7.12 Å². The lowest BCUT2D eigenvalue weighted by atomic mass is 9.67. The first-order chi connectivity index (χ1) is 19.5. The number of benzene rings is 2. The van der Waals surface area contributed by atoms with Gasteiger partial charge in [0, 0.05) is 5.92 Å². The van der Waals surface area contributed by atoms with Gasteiger partial charge in [0.25, 0.3) is 0 Å². The fourth-order valence-electron chi connectivity index (χ4n) is 6.53. The van der Waals surface area contributed by atoms with Gasteiger partial charge in [-0.2, -0.15) is 0 Å². The molecule has 218 valence electrons. The van der Waals surface area contributed by atoms with Crippen LogP contribution in [0.5, 0.6) is 5.75 Å². The molecule has 0 radical (unpaired) electrons. The number of nitrogens with zero attached hydrogens (tertiary/aromatic N) is 1. The van der Waals surface area contributed by atoms with Gasteiger partial charge in [0.1, 0.15) is 5.75 Å². The first-order valence-electron chi connectivity index (χ1n) is 14.3. The summed E-state index contributed by atoms with van der Waals surface area (Å²) in [6, 6.07) is 9.88. The monoisotopic (exact) mass is 561 g/mol. The minimum absolute atomic E-state index is 0.165. The molecule has 2 aromatic carbocycles. The van der Waals surface area contributed by atoms with E-state index in [0.29, 0.717) is 31.3 Å². The number of allylic oxidation sites excluding steroid dienone is 2. The Kier molecular flexibility index (Phi) is 9.54. The molecule has 2 aliphatic rings. The Labute approximate surface area is 241 Å². The van der Waals surface area contributed by atoms with Crippen LogP contribution in [0, 0.1) is 31.6 Å². The van der Waals surface area contributed by atoms with Crippen molar-refractivity contribution in [3.8, 4) is 5.75 Å². The van der Waals surface area contributed by atoms with Crippen LogP contribution < -0.4 is 10.4 Å². The van der Waals surface area contributed by atoms with E-state index in [0.717, 1.165) is 39.2 Å². The van der Waals surface area contributed by atoms with Crippen LogP contribution >= 0.6 is 0 Å². The highest BCUT2D eigenvalue weighted by molar-refractivity contribution is 6.58.